The van der Waals surface area contributed by atoms with Gasteiger partial charge in [-0.1, -0.05) is 28.1 Å². The van der Waals surface area contributed by atoms with Crippen molar-refractivity contribution in [3.63, 3.8) is 0 Å². The molecule has 8 heteroatoms. The second-order valence-electron chi connectivity index (χ2n) is 4.15. The van der Waals surface area contributed by atoms with E-state index in [-0.39, 0.29) is 22.9 Å². The van der Waals surface area contributed by atoms with E-state index >= 15 is 0 Å². The molecule has 0 aliphatic rings. The minimum Gasteiger partial charge on any atom is -0.443 e. The molecule has 7 nitrogen and oxygen atoms in total. The number of rotatable bonds is 4. The number of nitro benzene ring substituents is 2. The van der Waals surface area contributed by atoms with Crippen LogP contribution < -0.4 is 4.74 Å². The first-order chi connectivity index (χ1) is 9.90. The minimum absolute atomic E-state index is 0.0366. The fourth-order valence-electron chi connectivity index (χ4n) is 1.79. The van der Waals surface area contributed by atoms with E-state index in [0.29, 0.717) is 10.0 Å². The van der Waals surface area contributed by atoms with Gasteiger partial charge in [0.2, 0.25) is 11.5 Å². The predicted molar refractivity (Wildman–Crippen MR) is 78.7 cm³/mol. The van der Waals surface area contributed by atoms with Crippen LogP contribution in [0.3, 0.4) is 0 Å². The Bertz CT molecular complexity index is 732. The largest absolute Gasteiger partial charge is 0.443 e. The lowest BCUT2D eigenvalue weighted by Crippen LogP contribution is -1.98. The van der Waals surface area contributed by atoms with Crippen LogP contribution in [-0.4, -0.2) is 9.85 Å². The topological polar surface area (TPSA) is 95.5 Å². The van der Waals surface area contributed by atoms with Gasteiger partial charge in [-0.15, -0.1) is 0 Å². The van der Waals surface area contributed by atoms with Crippen LogP contribution in [0.25, 0.3) is 0 Å². The van der Waals surface area contributed by atoms with Crippen molar-refractivity contribution in [1.82, 2.24) is 0 Å². The summed E-state index contributed by atoms with van der Waals surface area (Å²) in [5, 5.41) is 22.1. The summed E-state index contributed by atoms with van der Waals surface area (Å²) in [6.07, 6.45) is 0. The molecule has 0 spiro atoms. The van der Waals surface area contributed by atoms with E-state index in [0.717, 1.165) is 0 Å². The average Bonchev–Trinajstić information content (AvgIpc) is 2.40. The van der Waals surface area contributed by atoms with Gasteiger partial charge in [-0.3, -0.25) is 20.2 Å². The van der Waals surface area contributed by atoms with Crippen molar-refractivity contribution in [1.29, 1.82) is 0 Å². The molecule has 0 saturated heterocycles. The molecule has 0 fully saturated rings. The first kappa shape index (κ1) is 14.9. The minimum atomic E-state index is -0.609. The van der Waals surface area contributed by atoms with Crippen LogP contribution in [0.4, 0.5) is 11.4 Å². The van der Waals surface area contributed by atoms with E-state index in [1.54, 1.807) is 25.1 Å². The van der Waals surface area contributed by atoms with E-state index in [1.165, 1.54) is 18.2 Å². The Balaban J connectivity index is 2.51. The molecule has 0 aromatic heterocycles. The maximum atomic E-state index is 11.1. The number of benzene rings is 2. The normalized spacial score (nSPS) is 10.2. The third-order valence-corrected chi connectivity index (χ3v) is 3.21. The van der Waals surface area contributed by atoms with E-state index in [2.05, 4.69) is 15.9 Å². The lowest BCUT2D eigenvalue weighted by molar-refractivity contribution is -0.387. The highest BCUT2D eigenvalue weighted by atomic mass is 79.9. The number of hydrogen-bond acceptors (Lipinski definition) is 5. The van der Waals surface area contributed by atoms with Gasteiger partial charge in [0.15, 0.2) is 0 Å². The van der Waals surface area contributed by atoms with E-state index in [4.69, 9.17) is 4.74 Å². The van der Waals surface area contributed by atoms with Crippen molar-refractivity contribution in [3.8, 4) is 11.5 Å². The van der Waals surface area contributed by atoms with Crippen LogP contribution in [0, 0.1) is 27.2 Å². The summed E-state index contributed by atoms with van der Waals surface area (Å²) in [5.41, 5.74) is -0.0767. The molecular formula is C13H9BrN2O5. The highest BCUT2D eigenvalue weighted by Gasteiger charge is 2.22. The van der Waals surface area contributed by atoms with Crippen LogP contribution in [0.2, 0.25) is 0 Å². The Morgan fingerprint density at radius 3 is 2.38 bits per heavy atom. The van der Waals surface area contributed by atoms with Gasteiger partial charge < -0.3 is 4.74 Å². The molecule has 108 valence electrons. The molecule has 0 aliphatic heterocycles. The molecule has 0 N–H and O–H groups in total. The SMILES string of the molecule is Cc1cccc(Oc2ccc(Br)cc2[N+](=O)[O-])c1[N+](=O)[O-]. The Labute approximate surface area is 127 Å². The zero-order valence-electron chi connectivity index (χ0n) is 10.8. The lowest BCUT2D eigenvalue weighted by Gasteiger charge is -2.08. The lowest BCUT2D eigenvalue weighted by atomic mass is 10.2. The molecule has 0 saturated carbocycles. The first-order valence-electron chi connectivity index (χ1n) is 5.76. The van der Waals surface area contributed by atoms with Crippen LogP contribution in [0.5, 0.6) is 11.5 Å². The number of nitrogens with zero attached hydrogens (tertiary/aromatic N) is 2. The molecular weight excluding hydrogens is 344 g/mol. The Morgan fingerprint density at radius 2 is 1.76 bits per heavy atom. The average molecular weight is 353 g/mol. The van der Waals surface area contributed by atoms with Gasteiger partial charge in [0.05, 0.1) is 9.85 Å². The fraction of sp³-hybridized carbons (Fsp3) is 0.0769. The molecule has 0 unspecified atom stereocenters. The summed E-state index contributed by atoms with van der Waals surface area (Å²) in [5.74, 6) is -0.0951. The van der Waals surface area contributed by atoms with Crippen LogP contribution in [0.1, 0.15) is 5.56 Å². The Kier molecular flexibility index (Phi) is 4.18. The van der Waals surface area contributed by atoms with Gasteiger partial charge in [-0.2, -0.15) is 0 Å². The number of halogens is 1. The Hall–Kier alpha value is -2.48. The number of ether oxygens (including phenoxy) is 1. The van der Waals surface area contributed by atoms with E-state index in [9.17, 15) is 20.2 Å². The number of para-hydroxylation sites is 1. The zero-order chi connectivity index (χ0) is 15.6. The molecule has 2 aromatic carbocycles. The maximum Gasteiger partial charge on any atom is 0.314 e. The molecule has 2 aromatic rings. The van der Waals surface area contributed by atoms with Gasteiger partial charge in [-0.05, 0) is 25.1 Å². The highest BCUT2D eigenvalue weighted by Crippen LogP contribution is 2.38. The Morgan fingerprint density at radius 1 is 1.05 bits per heavy atom. The molecule has 21 heavy (non-hydrogen) atoms. The molecule has 0 radical (unpaired) electrons. The molecule has 0 heterocycles. The zero-order valence-corrected chi connectivity index (χ0v) is 12.4. The van der Waals surface area contributed by atoms with Crippen molar-refractivity contribution < 1.29 is 14.6 Å². The van der Waals surface area contributed by atoms with Crippen molar-refractivity contribution in [2.24, 2.45) is 0 Å². The van der Waals surface area contributed by atoms with E-state index in [1.807, 2.05) is 0 Å². The molecule has 2 rings (SSSR count). The number of aryl methyl sites for hydroxylation is 1. The van der Waals surface area contributed by atoms with Crippen LogP contribution in [-0.2, 0) is 0 Å². The second-order valence-corrected chi connectivity index (χ2v) is 5.07. The summed E-state index contributed by atoms with van der Waals surface area (Å²) < 4.78 is 5.91. The van der Waals surface area contributed by atoms with Crippen LogP contribution in [0.15, 0.2) is 40.9 Å². The molecule has 0 bridgehead atoms. The summed E-state index contributed by atoms with van der Waals surface area (Å²) in [7, 11) is 0. The third kappa shape index (κ3) is 3.16. The third-order valence-electron chi connectivity index (χ3n) is 2.72. The summed E-state index contributed by atoms with van der Waals surface area (Å²) in [4.78, 5) is 20.9. The monoisotopic (exact) mass is 352 g/mol. The summed E-state index contributed by atoms with van der Waals surface area (Å²) >= 11 is 3.13. The number of nitro groups is 2. The fourth-order valence-corrected chi connectivity index (χ4v) is 2.14. The number of hydrogen-bond donors (Lipinski definition) is 0. The maximum absolute atomic E-state index is 11.1. The van der Waals surface area contributed by atoms with Gasteiger partial charge in [0.1, 0.15) is 0 Å². The van der Waals surface area contributed by atoms with Crippen molar-refractivity contribution >= 4 is 27.3 Å². The van der Waals surface area contributed by atoms with Crippen molar-refractivity contribution in [3.05, 3.63) is 66.7 Å². The second kappa shape index (κ2) is 5.88. The van der Waals surface area contributed by atoms with Gasteiger partial charge >= 0.3 is 11.4 Å². The standard InChI is InChI=1S/C13H9BrN2O5/c1-8-3-2-4-12(13(8)16(19)20)21-11-6-5-9(14)7-10(11)15(17)18/h2-7H,1H3. The molecule has 0 amide bonds. The predicted octanol–water partition coefficient (Wildman–Crippen LogP) is 4.37. The van der Waals surface area contributed by atoms with Crippen LogP contribution >= 0.6 is 15.9 Å². The van der Waals surface area contributed by atoms with Gasteiger partial charge in [0, 0.05) is 16.1 Å². The first-order valence-corrected chi connectivity index (χ1v) is 6.55. The van der Waals surface area contributed by atoms with Gasteiger partial charge in [-0.25, -0.2) is 0 Å². The molecule has 0 atom stereocenters. The highest BCUT2D eigenvalue weighted by molar-refractivity contribution is 9.10. The van der Waals surface area contributed by atoms with Crippen molar-refractivity contribution in [2.75, 3.05) is 0 Å². The van der Waals surface area contributed by atoms with E-state index < -0.39 is 9.85 Å². The quantitative estimate of drug-likeness (QED) is 0.601. The van der Waals surface area contributed by atoms with Gasteiger partial charge in [0.25, 0.3) is 0 Å². The summed E-state index contributed by atoms with van der Waals surface area (Å²) in [6, 6.07) is 8.77. The van der Waals surface area contributed by atoms with Crippen molar-refractivity contribution in [2.45, 2.75) is 6.92 Å². The summed E-state index contributed by atoms with van der Waals surface area (Å²) in [6.45, 7) is 1.57. The molecule has 0 aliphatic carbocycles. The smallest absolute Gasteiger partial charge is 0.314 e.